The van der Waals surface area contributed by atoms with Gasteiger partial charge in [0, 0.05) is 18.5 Å². The molecule has 0 fully saturated rings. The fourth-order valence-electron chi connectivity index (χ4n) is 4.44. The fourth-order valence-corrected chi connectivity index (χ4v) is 4.44. The molecule has 1 heterocycles. The van der Waals surface area contributed by atoms with E-state index in [9.17, 15) is 4.39 Å². The predicted octanol–water partition coefficient (Wildman–Crippen LogP) is 4.58. The van der Waals surface area contributed by atoms with Gasteiger partial charge in [-0.05, 0) is 68.6 Å². The van der Waals surface area contributed by atoms with E-state index in [1.165, 1.54) is 6.07 Å². The standard InChI is InChI=1S/C26H30FN5O/c1-17-25-23(30-26(28)29-17)14-19(15-24(25)31-33-13-7-12-32(2)3)21-11-10-20(27)16-22(21)18-8-5-4-6-9-18/h4-6,8-11,16,19H,7,12-15H2,1-3H3,(H2,28,29,30)/b31-24+. The molecular weight excluding hydrogens is 417 g/mol. The summed E-state index contributed by atoms with van der Waals surface area (Å²) in [7, 11) is 4.07. The minimum absolute atomic E-state index is 0.0612. The number of hydrogen-bond donors (Lipinski definition) is 1. The Hall–Kier alpha value is -3.32. The van der Waals surface area contributed by atoms with Crippen LogP contribution in [0.2, 0.25) is 0 Å². The van der Waals surface area contributed by atoms with Gasteiger partial charge in [0.1, 0.15) is 12.4 Å². The predicted molar refractivity (Wildman–Crippen MR) is 130 cm³/mol. The van der Waals surface area contributed by atoms with Crippen molar-refractivity contribution in [2.24, 2.45) is 5.16 Å². The van der Waals surface area contributed by atoms with E-state index in [0.717, 1.165) is 52.3 Å². The van der Waals surface area contributed by atoms with Crippen LogP contribution in [0.4, 0.5) is 10.3 Å². The number of aromatic nitrogens is 2. The molecule has 0 radical (unpaired) electrons. The first kappa shape index (κ1) is 22.9. The Labute approximate surface area is 194 Å². The Kier molecular flexibility index (Phi) is 6.99. The Morgan fingerprint density at radius 3 is 2.67 bits per heavy atom. The molecular formula is C26H30FN5O. The maximum absolute atomic E-state index is 14.2. The van der Waals surface area contributed by atoms with Gasteiger partial charge in [0.25, 0.3) is 0 Å². The third-order valence-corrected chi connectivity index (χ3v) is 5.91. The van der Waals surface area contributed by atoms with Crippen LogP contribution < -0.4 is 5.73 Å². The third kappa shape index (κ3) is 5.37. The highest BCUT2D eigenvalue weighted by Gasteiger charge is 2.30. The van der Waals surface area contributed by atoms with Gasteiger partial charge in [-0.2, -0.15) is 0 Å². The average Bonchev–Trinajstić information content (AvgIpc) is 2.78. The maximum atomic E-state index is 14.2. The van der Waals surface area contributed by atoms with Gasteiger partial charge in [0.2, 0.25) is 5.95 Å². The van der Waals surface area contributed by atoms with Crippen LogP contribution in [0.5, 0.6) is 0 Å². The summed E-state index contributed by atoms with van der Waals surface area (Å²) in [6.07, 6.45) is 2.21. The number of aryl methyl sites for hydroxylation is 1. The smallest absolute Gasteiger partial charge is 0.220 e. The van der Waals surface area contributed by atoms with Crippen molar-refractivity contribution in [1.82, 2.24) is 14.9 Å². The zero-order chi connectivity index (χ0) is 23.4. The summed E-state index contributed by atoms with van der Waals surface area (Å²) < 4.78 is 14.2. The number of rotatable bonds is 7. The van der Waals surface area contributed by atoms with E-state index in [0.29, 0.717) is 19.4 Å². The molecule has 4 rings (SSSR count). The number of halogens is 1. The lowest BCUT2D eigenvalue weighted by Crippen LogP contribution is -2.24. The number of hydrogen-bond acceptors (Lipinski definition) is 6. The van der Waals surface area contributed by atoms with E-state index in [4.69, 9.17) is 10.6 Å². The molecule has 0 spiro atoms. The Morgan fingerprint density at radius 2 is 1.91 bits per heavy atom. The number of benzene rings is 2. The van der Waals surface area contributed by atoms with Crippen molar-refractivity contribution < 1.29 is 9.23 Å². The zero-order valence-electron chi connectivity index (χ0n) is 19.4. The molecule has 3 aromatic rings. The van der Waals surface area contributed by atoms with Crippen LogP contribution in [0.25, 0.3) is 11.1 Å². The maximum Gasteiger partial charge on any atom is 0.220 e. The number of fused-ring (bicyclic) bond motifs is 1. The number of anilines is 1. The molecule has 2 N–H and O–H groups in total. The van der Waals surface area contributed by atoms with Crippen LogP contribution in [-0.2, 0) is 11.3 Å². The van der Waals surface area contributed by atoms with E-state index in [1.807, 2.05) is 57.4 Å². The Balaban J connectivity index is 1.70. The molecule has 0 saturated heterocycles. The van der Waals surface area contributed by atoms with Gasteiger partial charge in [0.05, 0.1) is 17.1 Å². The molecule has 0 aliphatic heterocycles. The number of nitrogens with two attached hydrogens (primary N) is 1. The summed E-state index contributed by atoms with van der Waals surface area (Å²) in [5.41, 5.74) is 12.3. The first-order valence-electron chi connectivity index (χ1n) is 11.2. The van der Waals surface area contributed by atoms with Gasteiger partial charge in [-0.1, -0.05) is 41.6 Å². The van der Waals surface area contributed by atoms with Gasteiger partial charge < -0.3 is 15.5 Å². The highest BCUT2D eigenvalue weighted by Crippen LogP contribution is 2.38. The quantitative estimate of drug-likeness (QED) is 0.424. The molecule has 0 saturated carbocycles. The van der Waals surface area contributed by atoms with Crippen molar-refractivity contribution in [3.8, 4) is 11.1 Å². The second-order valence-corrected chi connectivity index (χ2v) is 8.72. The Bertz CT molecular complexity index is 1150. The second kappa shape index (κ2) is 10.1. The van der Waals surface area contributed by atoms with Crippen molar-refractivity contribution in [2.45, 2.75) is 32.1 Å². The molecule has 1 aliphatic carbocycles. The van der Waals surface area contributed by atoms with Crippen molar-refractivity contribution in [3.63, 3.8) is 0 Å². The minimum Gasteiger partial charge on any atom is -0.396 e. The minimum atomic E-state index is -0.255. The number of oxime groups is 1. The lowest BCUT2D eigenvalue weighted by molar-refractivity contribution is 0.134. The highest BCUT2D eigenvalue weighted by atomic mass is 19.1. The second-order valence-electron chi connectivity index (χ2n) is 8.72. The van der Waals surface area contributed by atoms with E-state index in [-0.39, 0.29) is 17.7 Å². The van der Waals surface area contributed by atoms with Crippen LogP contribution in [-0.4, -0.2) is 47.8 Å². The molecule has 1 aromatic heterocycles. The average molecular weight is 448 g/mol. The largest absolute Gasteiger partial charge is 0.396 e. The molecule has 33 heavy (non-hydrogen) atoms. The summed E-state index contributed by atoms with van der Waals surface area (Å²) in [6, 6.07) is 14.9. The lowest BCUT2D eigenvalue weighted by atomic mass is 9.78. The molecule has 2 aromatic carbocycles. The molecule has 0 amide bonds. The summed E-state index contributed by atoms with van der Waals surface area (Å²) in [5, 5.41) is 4.51. The molecule has 172 valence electrons. The Morgan fingerprint density at radius 1 is 1.12 bits per heavy atom. The van der Waals surface area contributed by atoms with E-state index in [1.54, 1.807) is 6.07 Å². The van der Waals surface area contributed by atoms with Gasteiger partial charge in [-0.25, -0.2) is 14.4 Å². The third-order valence-electron chi connectivity index (χ3n) is 5.91. The number of nitrogens with zero attached hydrogens (tertiary/aromatic N) is 4. The number of nitrogen functional groups attached to an aromatic ring is 1. The van der Waals surface area contributed by atoms with Crippen LogP contribution in [0, 0.1) is 12.7 Å². The van der Waals surface area contributed by atoms with Crippen LogP contribution in [0.15, 0.2) is 53.7 Å². The van der Waals surface area contributed by atoms with Gasteiger partial charge in [-0.3, -0.25) is 0 Å². The lowest BCUT2D eigenvalue weighted by Gasteiger charge is -2.28. The van der Waals surface area contributed by atoms with E-state index in [2.05, 4.69) is 20.0 Å². The van der Waals surface area contributed by atoms with Gasteiger partial charge in [0.15, 0.2) is 0 Å². The van der Waals surface area contributed by atoms with E-state index < -0.39 is 0 Å². The van der Waals surface area contributed by atoms with Crippen molar-refractivity contribution >= 4 is 11.7 Å². The molecule has 7 heteroatoms. The molecule has 6 nitrogen and oxygen atoms in total. The van der Waals surface area contributed by atoms with Crippen molar-refractivity contribution in [2.75, 3.05) is 33.0 Å². The summed E-state index contributed by atoms with van der Waals surface area (Å²) >= 11 is 0. The molecule has 1 aliphatic rings. The summed E-state index contributed by atoms with van der Waals surface area (Å²) in [4.78, 5) is 16.7. The van der Waals surface area contributed by atoms with E-state index >= 15 is 0 Å². The monoisotopic (exact) mass is 447 g/mol. The van der Waals surface area contributed by atoms with Gasteiger partial charge in [-0.15, -0.1) is 0 Å². The topological polar surface area (TPSA) is 76.6 Å². The zero-order valence-corrected chi connectivity index (χ0v) is 19.4. The fraction of sp³-hybridized carbons (Fsp3) is 0.346. The molecule has 1 unspecified atom stereocenters. The molecule has 1 atom stereocenters. The molecule has 0 bridgehead atoms. The van der Waals surface area contributed by atoms with Crippen molar-refractivity contribution in [1.29, 1.82) is 0 Å². The van der Waals surface area contributed by atoms with Crippen LogP contribution >= 0.6 is 0 Å². The van der Waals surface area contributed by atoms with Crippen LogP contribution in [0.3, 0.4) is 0 Å². The first-order chi connectivity index (χ1) is 15.9. The van der Waals surface area contributed by atoms with Crippen LogP contribution in [0.1, 0.15) is 41.3 Å². The highest BCUT2D eigenvalue weighted by molar-refractivity contribution is 6.03. The van der Waals surface area contributed by atoms with Crippen molar-refractivity contribution in [3.05, 3.63) is 76.9 Å². The SMILES string of the molecule is Cc1nc(N)nc2c1/C(=N/OCCCN(C)C)CC(c1ccc(F)cc1-c1ccccc1)C2. The van der Waals surface area contributed by atoms with Gasteiger partial charge >= 0.3 is 0 Å². The summed E-state index contributed by atoms with van der Waals surface area (Å²) in [6.45, 7) is 3.38. The summed E-state index contributed by atoms with van der Waals surface area (Å²) in [5.74, 6) is 0.0565. The first-order valence-corrected chi connectivity index (χ1v) is 11.2. The normalized spacial score (nSPS) is 16.8.